The van der Waals surface area contributed by atoms with Crippen LogP contribution in [0.5, 0.6) is 5.88 Å². The second-order valence-corrected chi connectivity index (χ2v) is 3.01. The number of aromatic nitrogens is 2. The molecule has 1 fully saturated rings. The van der Waals surface area contributed by atoms with E-state index in [9.17, 15) is 0 Å². The second-order valence-electron chi connectivity index (χ2n) is 3.01. The molecular formula is C8H12N4O. The fourth-order valence-corrected chi connectivity index (χ4v) is 1.32. The molecule has 1 aliphatic heterocycles. The minimum atomic E-state index is 0.205. The highest BCUT2D eigenvalue weighted by atomic mass is 16.5. The normalized spacial score (nSPS) is 21.7. The average Bonchev–Trinajstić information content (AvgIpc) is 2.57. The van der Waals surface area contributed by atoms with Crippen molar-refractivity contribution in [1.29, 1.82) is 0 Å². The Bertz CT molecular complexity index is 285. The second kappa shape index (κ2) is 3.57. The topological polar surface area (TPSA) is 73.1 Å². The number of nitrogens with two attached hydrogens (primary N) is 1. The molecule has 1 aromatic heterocycles. The maximum Gasteiger partial charge on any atom is 0.234 e. The van der Waals surface area contributed by atoms with Crippen LogP contribution in [0, 0.1) is 0 Å². The Hall–Kier alpha value is -1.36. The van der Waals surface area contributed by atoms with Crippen LogP contribution in [0.15, 0.2) is 12.4 Å². The third kappa shape index (κ3) is 2.06. The third-order valence-electron chi connectivity index (χ3n) is 1.93. The first-order valence-corrected chi connectivity index (χ1v) is 4.29. The van der Waals surface area contributed by atoms with Crippen LogP contribution < -0.4 is 15.8 Å². The van der Waals surface area contributed by atoms with Gasteiger partial charge in [0.2, 0.25) is 5.88 Å². The van der Waals surface area contributed by atoms with E-state index in [2.05, 4.69) is 15.3 Å². The highest BCUT2D eigenvalue weighted by Gasteiger charge is 2.16. The molecule has 0 aromatic carbocycles. The van der Waals surface area contributed by atoms with Gasteiger partial charge < -0.3 is 15.8 Å². The molecule has 0 bridgehead atoms. The first-order valence-electron chi connectivity index (χ1n) is 4.29. The van der Waals surface area contributed by atoms with Crippen molar-refractivity contribution in [2.75, 3.05) is 18.8 Å². The largest absolute Gasteiger partial charge is 0.472 e. The maximum absolute atomic E-state index is 5.54. The Kier molecular flexibility index (Phi) is 2.27. The Labute approximate surface area is 76.3 Å². The van der Waals surface area contributed by atoms with Gasteiger partial charge in [0.1, 0.15) is 11.9 Å². The van der Waals surface area contributed by atoms with Crippen LogP contribution in [0.25, 0.3) is 0 Å². The summed E-state index contributed by atoms with van der Waals surface area (Å²) in [6.45, 7) is 1.87. The van der Waals surface area contributed by atoms with Gasteiger partial charge >= 0.3 is 0 Å². The molecular weight excluding hydrogens is 168 g/mol. The summed E-state index contributed by atoms with van der Waals surface area (Å²) >= 11 is 0. The Balaban J connectivity index is 2.00. The summed E-state index contributed by atoms with van der Waals surface area (Å²) in [5.41, 5.74) is 5.46. The van der Waals surface area contributed by atoms with Gasteiger partial charge in [0.15, 0.2) is 0 Å². The molecule has 1 saturated heterocycles. The molecule has 0 spiro atoms. The summed E-state index contributed by atoms with van der Waals surface area (Å²) in [7, 11) is 0. The quantitative estimate of drug-likeness (QED) is 0.659. The molecule has 0 radical (unpaired) electrons. The van der Waals surface area contributed by atoms with Crippen molar-refractivity contribution >= 4 is 5.82 Å². The number of nitrogens with one attached hydrogen (secondary N) is 1. The van der Waals surface area contributed by atoms with E-state index in [4.69, 9.17) is 10.5 Å². The first kappa shape index (κ1) is 8.25. The van der Waals surface area contributed by atoms with Crippen LogP contribution in [-0.4, -0.2) is 29.2 Å². The number of rotatable bonds is 2. The smallest absolute Gasteiger partial charge is 0.234 e. The molecule has 1 atom stereocenters. The molecule has 1 aromatic rings. The van der Waals surface area contributed by atoms with Crippen molar-refractivity contribution in [3.63, 3.8) is 0 Å². The molecule has 2 rings (SSSR count). The Morgan fingerprint density at radius 3 is 3.15 bits per heavy atom. The van der Waals surface area contributed by atoms with E-state index < -0.39 is 0 Å². The zero-order valence-electron chi connectivity index (χ0n) is 7.23. The van der Waals surface area contributed by atoms with E-state index in [-0.39, 0.29) is 6.10 Å². The Morgan fingerprint density at radius 1 is 1.54 bits per heavy atom. The minimum Gasteiger partial charge on any atom is -0.472 e. The van der Waals surface area contributed by atoms with Crippen LogP contribution in [0.1, 0.15) is 6.42 Å². The summed E-state index contributed by atoms with van der Waals surface area (Å²) in [6, 6.07) is 0. The number of hydrogen-bond acceptors (Lipinski definition) is 5. The molecule has 1 unspecified atom stereocenters. The SMILES string of the molecule is Nc1cncc(OC2CCNC2)n1. The number of ether oxygens (including phenoxy) is 1. The minimum absolute atomic E-state index is 0.205. The molecule has 0 saturated carbocycles. The lowest BCUT2D eigenvalue weighted by Crippen LogP contribution is -2.20. The molecule has 3 N–H and O–H groups in total. The van der Waals surface area contributed by atoms with Crippen molar-refractivity contribution in [3.8, 4) is 5.88 Å². The number of nitrogens with zero attached hydrogens (tertiary/aromatic N) is 2. The fraction of sp³-hybridized carbons (Fsp3) is 0.500. The Morgan fingerprint density at radius 2 is 2.46 bits per heavy atom. The number of anilines is 1. The molecule has 0 aliphatic carbocycles. The van der Waals surface area contributed by atoms with Crippen LogP contribution in [0.2, 0.25) is 0 Å². The van der Waals surface area contributed by atoms with Gasteiger partial charge in [-0.15, -0.1) is 0 Å². The molecule has 1 aliphatic rings. The lowest BCUT2D eigenvalue weighted by Gasteiger charge is -2.10. The summed E-state index contributed by atoms with van der Waals surface area (Å²) < 4.78 is 5.54. The van der Waals surface area contributed by atoms with Crippen molar-refractivity contribution in [1.82, 2.24) is 15.3 Å². The van der Waals surface area contributed by atoms with Crippen LogP contribution in [0.3, 0.4) is 0 Å². The summed E-state index contributed by atoms with van der Waals surface area (Å²) in [4.78, 5) is 7.90. The zero-order chi connectivity index (χ0) is 9.10. The van der Waals surface area contributed by atoms with Gasteiger partial charge in [-0.25, -0.2) is 0 Å². The van der Waals surface area contributed by atoms with Gasteiger partial charge in [0, 0.05) is 6.54 Å². The summed E-state index contributed by atoms with van der Waals surface area (Å²) in [6.07, 6.45) is 4.29. The first-order chi connectivity index (χ1) is 6.34. The molecule has 0 amide bonds. The highest BCUT2D eigenvalue weighted by molar-refractivity contribution is 5.26. The third-order valence-corrected chi connectivity index (χ3v) is 1.93. The average molecular weight is 180 g/mol. The van der Waals surface area contributed by atoms with Crippen molar-refractivity contribution in [2.45, 2.75) is 12.5 Å². The van der Waals surface area contributed by atoms with E-state index in [0.717, 1.165) is 19.5 Å². The molecule has 13 heavy (non-hydrogen) atoms. The fourth-order valence-electron chi connectivity index (χ4n) is 1.32. The lowest BCUT2D eigenvalue weighted by molar-refractivity contribution is 0.213. The van der Waals surface area contributed by atoms with E-state index in [0.29, 0.717) is 11.7 Å². The van der Waals surface area contributed by atoms with Gasteiger partial charge in [-0.3, -0.25) is 4.98 Å². The van der Waals surface area contributed by atoms with Crippen molar-refractivity contribution in [2.24, 2.45) is 0 Å². The van der Waals surface area contributed by atoms with Crippen LogP contribution in [-0.2, 0) is 0 Å². The van der Waals surface area contributed by atoms with Crippen LogP contribution in [0.4, 0.5) is 5.82 Å². The molecule has 5 heteroatoms. The number of hydrogen-bond donors (Lipinski definition) is 2. The molecule has 2 heterocycles. The monoisotopic (exact) mass is 180 g/mol. The standard InChI is InChI=1S/C8H12N4O/c9-7-4-11-5-8(12-7)13-6-1-2-10-3-6/h4-6,10H,1-3H2,(H2,9,12). The van der Waals surface area contributed by atoms with E-state index >= 15 is 0 Å². The van der Waals surface area contributed by atoms with E-state index in [1.54, 1.807) is 6.20 Å². The summed E-state index contributed by atoms with van der Waals surface area (Å²) in [5.74, 6) is 0.900. The van der Waals surface area contributed by atoms with Gasteiger partial charge in [0.25, 0.3) is 0 Å². The highest BCUT2D eigenvalue weighted by Crippen LogP contribution is 2.11. The predicted octanol–water partition coefficient (Wildman–Crippen LogP) is -0.201. The number of nitrogen functional groups attached to an aromatic ring is 1. The van der Waals surface area contributed by atoms with E-state index in [1.165, 1.54) is 6.20 Å². The molecule has 70 valence electrons. The zero-order valence-corrected chi connectivity index (χ0v) is 7.23. The van der Waals surface area contributed by atoms with Crippen LogP contribution >= 0.6 is 0 Å². The van der Waals surface area contributed by atoms with Crippen molar-refractivity contribution in [3.05, 3.63) is 12.4 Å². The lowest BCUT2D eigenvalue weighted by atomic mass is 10.3. The van der Waals surface area contributed by atoms with Crippen molar-refractivity contribution < 1.29 is 4.74 Å². The van der Waals surface area contributed by atoms with Gasteiger partial charge in [-0.2, -0.15) is 4.98 Å². The van der Waals surface area contributed by atoms with E-state index in [1.807, 2.05) is 0 Å². The maximum atomic E-state index is 5.54. The predicted molar refractivity (Wildman–Crippen MR) is 48.3 cm³/mol. The summed E-state index contributed by atoms with van der Waals surface area (Å²) in [5, 5.41) is 3.20. The van der Waals surface area contributed by atoms with Gasteiger partial charge in [-0.1, -0.05) is 0 Å². The molecule has 5 nitrogen and oxygen atoms in total. The van der Waals surface area contributed by atoms with Gasteiger partial charge in [0.05, 0.1) is 12.4 Å². The van der Waals surface area contributed by atoms with Gasteiger partial charge in [-0.05, 0) is 13.0 Å².